The van der Waals surface area contributed by atoms with Gasteiger partial charge in [0.1, 0.15) is 13.2 Å². The van der Waals surface area contributed by atoms with Gasteiger partial charge in [-0.1, -0.05) is 213 Å². The fraction of sp³-hybridized carbons (Fsp3) is 0.898. The van der Waals surface area contributed by atoms with Gasteiger partial charge in [-0.15, -0.1) is 0 Å². The van der Waals surface area contributed by atoms with E-state index >= 15 is 0 Å². The molecule has 6 nitrogen and oxygen atoms in total. The maximum absolute atomic E-state index is 12.7. The molecule has 0 aromatic carbocycles. The lowest BCUT2D eigenvalue weighted by molar-refractivity contribution is -0.167. The Morgan fingerprint density at radius 2 is 0.600 bits per heavy atom. The van der Waals surface area contributed by atoms with Gasteiger partial charge in [0, 0.05) is 19.3 Å². The molecule has 55 heavy (non-hydrogen) atoms. The van der Waals surface area contributed by atoms with Gasteiger partial charge in [0.25, 0.3) is 0 Å². The lowest BCUT2D eigenvalue weighted by atomic mass is 10.0. The Morgan fingerprint density at radius 3 is 0.927 bits per heavy atom. The van der Waals surface area contributed by atoms with Crippen molar-refractivity contribution in [1.82, 2.24) is 0 Å². The first kappa shape index (κ1) is 53.1. The van der Waals surface area contributed by atoms with Crippen molar-refractivity contribution >= 4 is 17.9 Å². The van der Waals surface area contributed by atoms with Gasteiger partial charge in [-0.25, -0.2) is 0 Å². The molecule has 0 N–H and O–H groups in total. The lowest BCUT2D eigenvalue weighted by Crippen LogP contribution is -2.30. The molecule has 0 aliphatic rings. The van der Waals surface area contributed by atoms with Gasteiger partial charge in [-0.3, -0.25) is 14.4 Å². The summed E-state index contributed by atoms with van der Waals surface area (Å²) in [7, 11) is 0. The van der Waals surface area contributed by atoms with Crippen LogP contribution in [-0.2, 0) is 28.6 Å². The molecule has 0 spiro atoms. The smallest absolute Gasteiger partial charge is 0.306 e. The van der Waals surface area contributed by atoms with Gasteiger partial charge in [0.05, 0.1) is 0 Å². The van der Waals surface area contributed by atoms with Gasteiger partial charge < -0.3 is 14.2 Å². The normalized spacial score (nSPS) is 12.0. The summed E-state index contributed by atoms with van der Waals surface area (Å²) >= 11 is 0. The van der Waals surface area contributed by atoms with E-state index in [1.807, 2.05) is 0 Å². The summed E-state index contributed by atoms with van der Waals surface area (Å²) < 4.78 is 16.7. The fourth-order valence-corrected chi connectivity index (χ4v) is 7.08. The zero-order valence-corrected chi connectivity index (χ0v) is 37.0. The van der Waals surface area contributed by atoms with E-state index in [4.69, 9.17) is 14.2 Å². The molecule has 1 atom stereocenters. The van der Waals surface area contributed by atoms with Crippen molar-refractivity contribution in [3.05, 3.63) is 12.2 Å². The van der Waals surface area contributed by atoms with E-state index in [9.17, 15) is 14.4 Å². The number of rotatable bonds is 44. The third-order valence-corrected chi connectivity index (χ3v) is 10.8. The minimum atomic E-state index is -0.764. The summed E-state index contributed by atoms with van der Waals surface area (Å²) in [5.74, 6) is -0.866. The van der Waals surface area contributed by atoms with E-state index in [2.05, 4.69) is 32.9 Å². The van der Waals surface area contributed by atoms with Gasteiger partial charge >= 0.3 is 17.9 Å². The highest BCUT2D eigenvalue weighted by atomic mass is 16.6. The predicted octanol–water partition coefficient (Wildman–Crippen LogP) is 15.4. The number of carbonyl (C=O) groups excluding carboxylic acids is 3. The minimum absolute atomic E-state index is 0.0677. The summed E-state index contributed by atoms with van der Waals surface area (Å²) in [6.07, 6.45) is 47.6. The van der Waals surface area contributed by atoms with Crippen LogP contribution in [0.25, 0.3) is 0 Å². The molecule has 0 rings (SSSR count). The Hall–Kier alpha value is -1.85. The van der Waals surface area contributed by atoms with Crippen LogP contribution in [-0.4, -0.2) is 37.2 Å². The summed E-state index contributed by atoms with van der Waals surface area (Å²) in [5, 5.41) is 0. The Kier molecular flexibility index (Phi) is 43.4. The Bertz CT molecular complexity index is 854. The van der Waals surface area contributed by atoms with Gasteiger partial charge in [0.2, 0.25) is 0 Å². The second-order valence-corrected chi connectivity index (χ2v) is 16.4. The highest BCUT2D eigenvalue weighted by Gasteiger charge is 2.19. The molecule has 0 aromatic rings. The van der Waals surface area contributed by atoms with Crippen molar-refractivity contribution in [2.45, 2.75) is 271 Å². The van der Waals surface area contributed by atoms with Crippen LogP contribution in [0.4, 0.5) is 0 Å². The second-order valence-electron chi connectivity index (χ2n) is 16.4. The molecule has 0 aliphatic heterocycles. The minimum Gasteiger partial charge on any atom is -0.462 e. The molecule has 1 unspecified atom stereocenters. The summed E-state index contributed by atoms with van der Waals surface area (Å²) in [5.41, 5.74) is 0. The SMILES string of the molecule is CCCCCCC=CCCCCCCCC(=O)OCC(COC(=O)CCCCCCCCCCCCCCC)OC(=O)CCCCCCCCCCCCC. The number of hydrogen-bond donors (Lipinski definition) is 0. The van der Waals surface area contributed by atoms with Crippen LogP contribution in [0.1, 0.15) is 265 Å². The van der Waals surface area contributed by atoms with E-state index in [1.165, 1.54) is 161 Å². The average Bonchev–Trinajstić information content (AvgIpc) is 3.18. The quantitative estimate of drug-likeness (QED) is 0.0265. The molecule has 0 fully saturated rings. The molecule has 0 radical (unpaired) electrons. The van der Waals surface area contributed by atoms with Crippen LogP contribution in [0.15, 0.2) is 12.2 Å². The van der Waals surface area contributed by atoms with Crippen molar-refractivity contribution in [1.29, 1.82) is 0 Å². The van der Waals surface area contributed by atoms with Crippen molar-refractivity contribution in [3.8, 4) is 0 Å². The average molecular weight is 777 g/mol. The molecule has 0 heterocycles. The van der Waals surface area contributed by atoms with Crippen LogP contribution in [0, 0.1) is 0 Å². The molecular weight excluding hydrogens is 685 g/mol. The molecule has 0 aromatic heterocycles. The fourth-order valence-electron chi connectivity index (χ4n) is 7.08. The molecular formula is C49H92O6. The first-order valence-electron chi connectivity index (χ1n) is 24.2. The summed E-state index contributed by atoms with van der Waals surface area (Å²) in [4.78, 5) is 37.8. The standard InChI is InChI=1S/C49H92O6/c1-4-7-10-13-16-19-22-24-27-29-32-35-38-41-47(50)53-44-46(55-49(52)43-40-37-34-31-26-21-18-15-12-9-6-3)45-54-48(51)42-39-36-33-30-28-25-23-20-17-14-11-8-5-2/h19,22,46H,4-18,20-21,23-45H2,1-3H3. The van der Waals surface area contributed by atoms with Gasteiger partial charge in [0.15, 0.2) is 6.10 Å². The van der Waals surface area contributed by atoms with E-state index in [0.29, 0.717) is 19.3 Å². The van der Waals surface area contributed by atoms with Crippen LogP contribution >= 0.6 is 0 Å². The lowest BCUT2D eigenvalue weighted by Gasteiger charge is -2.18. The number of allylic oxidation sites excluding steroid dienone is 2. The number of carbonyl (C=O) groups is 3. The molecule has 6 heteroatoms. The molecule has 0 bridgehead atoms. The maximum atomic E-state index is 12.7. The number of ether oxygens (including phenoxy) is 3. The highest BCUT2D eigenvalue weighted by molar-refractivity contribution is 5.71. The monoisotopic (exact) mass is 777 g/mol. The van der Waals surface area contributed by atoms with Crippen LogP contribution in [0.5, 0.6) is 0 Å². The van der Waals surface area contributed by atoms with Crippen molar-refractivity contribution in [2.75, 3.05) is 13.2 Å². The van der Waals surface area contributed by atoms with E-state index in [1.54, 1.807) is 0 Å². The van der Waals surface area contributed by atoms with E-state index in [0.717, 1.165) is 64.2 Å². The van der Waals surface area contributed by atoms with Crippen LogP contribution in [0.2, 0.25) is 0 Å². The van der Waals surface area contributed by atoms with E-state index < -0.39 is 6.10 Å². The Morgan fingerprint density at radius 1 is 0.345 bits per heavy atom. The van der Waals surface area contributed by atoms with E-state index in [-0.39, 0.29) is 31.1 Å². The zero-order chi connectivity index (χ0) is 40.1. The number of hydrogen-bond acceptors (Lipinski definition) is 6. The molecule has 324 valence electrons. The first-order valence-corrected chi connectivity index (χ1v) is 24.2. The molecule has 0 saturated carbocycles. The van der Waals surface area contributed by atoms with Crippen LogP contribution < -0.4 is 0 Å². The number of esters is 3. The number of unbranched alkanes of at least 4 members (excludes halogenated alkanes) is 31. The highest BCUT2D eigenvalue weighted by Crippen LogP contribution is 2.15. The Balaban J connectivity index is 4.33. The third kappa shape index (κ3) is 43.1. The zero-order valence-electron chi connectivity index (χ0n) is 37.0. The molecule has 0 amide bonds. The van der Waals surface area contributed by atoms with Crippen molar-refractivity contribution < 1.29 is 28.6 Å². The van der Waals surface area contributed by atoms with Gasteiger partial charge in [-0.05, 0) is 44.9 Å². The summed E-state index contributed by atoms with van der Waals surface area (Å²) in [6, 6.07) is 0. The largest absolute Gasteiger partial charge is 0.462 e. The predicted molar refractivity (Wildman–Crippen MR) is 233 cm³/mol. The molecule has 0 aliphatic carbocycles. The second kappa shape index (κ2) is 44.9. The van der Waals surface area contributed by atoms with Crippen LogP contribution in [0.3, 0.4) is 0 Å². The maximum Gasteiger partial charge on any atom is 0.306 e. The van der Waals surface area contributed by atoms with Gasteiger partial charge in [-0.2, -0.15) is 0 Å². The Labute approximate surface area is 341 Å². The van der Waals surface area contributed by atoms with Crippen molar-refractivity contribution in [2.24, 2.45) is 0 Å². The topological polar surface area (TPSA) is 78.9 Å². The third-order valence-electron chi connectivity index (χ3n) is 10.8. The molecule has 0 saturated heterocycles. The van der Waals surface area contributed by atoms with Crippen molar-refractivity contribution in [3.63, 3.8) is 0 Å². The first-order chi connectivity index (χ1) is 27.0. The summed E-state index contributed by atoms with van der Waals surface area (Å²) in [6.45, 7) is 6.63.